The molecule has 0 saturated heterocycles. The lowest BCUT2D eigenvalue weighted by Crippen LogP contribution is -2.20. The van der Waals surface area contributed by atoms with Gasteiger partial charge in [0.2, 0.25) is 6.34 Å². The summed E-state index contributed by atoms with van der Waals surface area (Å²) < 4.78 is 22.6. The maximum Gasteiger partial charge on any atom is 0.244 e. The van der Waals surface area contributed by atoms with Gasteiger partial charge in [0, 0.05) is 24.8 Å². The highest BCUT2D eigenvalue weighted by Crippen LogP contribution is 2.33. The molecule has 11 heteroatoms. The molecule has 3 heterocycles. The number of benzene rings is 2. The van der Waals surface area contributed by atoms with Crippen molar-refractivity contribution in [2.24, 2.45) is 7.05 Å². The SMILES string of the molecule is CCCOCCOCCOCCn1cc(-c2cc(C)c(N3C=[N+](c4c(C)cc(-c5cn(C)nn5)cc4C)CC3)c(C)c2)nn1. The van der Waals surface area contributed by atoms with Crippen LogP contribution in [0.4, 0.5) is 11.4 Å². The van der Waals surface area contributed by atoms with Gasteiger partial charge in [-0.3, -0.25) is 4.68 Å². The molecule has 5 rings (SSSR count). The molecule has 44 heavy (non-hydrogen) atoms. The van der Waals surface area contributed by atoms with Crippen LogP contribution in [0.2, 0.25) is 0 Å². The van der Waals surface area contributed by atoms with Gasteiger partial charge in [-0.05, 0) is 80.6 Å². The van der Waals surface area contributed by atoms with Gasteiger partial charge < -0.3 is 14.2 Å². The Hall–Kier alpha value is -3.93. The Kier molecular flexibility index (Phi) is 10.5. The lowest BCUT2D eigenvalue weighted by Gasteiger charge is -2.14. The zero-order chi connectivity index (χ0) is 31.1. The highest BCUT2D eigenvalue weighted by atomic mass is 16.5. The number of hydrogen-bond donors (Lipinski definition) is 0. The summed E-state index contributed by atoms with van der Waals surface area (Å²) in [6.45, 7) is 16.9. The van der Waals surface area contributed by atoms with Crippen LogP contribution in [0.1, 0.15) is 35.6 Å². The topological polar surface area (TPSA) is 95.4 Å². The molecule has 0 aliphatic carbocycles. The maximum absolute atomic E-state index is 5.70. The van der Waals surface area contributed by atoms with E-state index in [0.717, 1.165) is 48.6 Å². The first-order chi connectivity index (χ1) is 21.3. The summed E-state index contributed by atoms with van der Waals surface area (Å²) in [6.07, 6.45) is 7.21. The van der Waals surface area contributed by atoms with Gasteiger partial charge in [0.15, 0.2) is 0 Å². The molecule has 0 spiro atoms. The molecule has 2 aromatic heterocycles. The van der Waals surface area contributed by atoms with Gasteiger partial charge >= 0.3 is 0 Å². The molecule has 0 N–H and O–H groups in total. The Labute approximate surface area is 260 Å². The van der Waals surface area contributed by atoms with E-state index in [1.54, 1.807) is 4.68 Å². The van der Waals surface area contributed by atoms with Crippen molar-refractivity contribution in [2.75, 3.05) is 57.6 Å². The van der Waals surface area contributed by atoms with Crippen LogP contribution in [0.5, 0.6) is 0 Å². The minimum Gasteiger partial charge on any atom is -0.379 e. The predicted molar refractivity (Wildman–Crippen MR) is 172 cm³/mol. The first-order valence-electron chi connectivity index (χ1n) is 15.4. The fourth-order valence-corrected chi connectivity index (χ4v) is 5.82. The standard InChI is InChI=1S/C33H45N8O3/c1-7-11-42-13-15-44-16-14-43-12-10-41-22-31(35-37-41)29-19-26(4)33(27(5)20-29)40-9-8-39(23-40)32-24(2)17-28(18-25(32)3)30-21-38(6)36-34-30/h17-23H,7-16H2,1-6H3/q+1. The van der Waals surface area contributed by atoms with Crippen molar-refractivity contribution in [3.8, 4) is 22.5 Å². The Morgan fingerprint density at radius 2 is 1.30 bits per heavy atom. The molecule has 2 aromatic carbocycles. The Balaban J connectivity index is 1.19. The fraction of sp³-hybridized carbons (Fsp3) is 0.485. The highest BCUT2D eigenvalue weighted by molar-refractivity contribution is 5.83. The second kappa shape index (κ2) is 14.7. The van der Waals surface area contributed by atoms with E-state index in [9.17, 15) is 0 Å². The zero-order valence-electron chi connectivity index (χ0n) is 26.9. The lowest BCUT2D eigenvalue weighted by atomic mass is 10.0. The molecule has 0 atom stereocenters. The minimum absolute atomic E-state index is 0.549. The number of rotatable bonds is 15. The summed E-state index contributed by atoms with van der Waals surface area (Å²) in [5, 5.41) is 17.1. The van der Waals surface area contributed by atoms with Crippen LogP contribution in [0.25, 0.3) is 22.5 Å². The molecule has 0 bridgehead atoms. The van der Waals surface area contributed by atoms with Crippen molar-refractivity contribution in [1.82, 2.24) is 30.0 Å². The average Bonchev–Trinajstić information content (AvgIpc) is 3.75. The van der Waals surface area contributed by atoms with E-state index >= 15 is 0 Å². The Bertz CT molecular complexity index is 1550. The molecular formula is C33H45N8O3+. The summed E-state index contributed by atoms with van der Waals surface area (Å²) in [5.74, 6) is 0. The maximum atomic E-state index is 5.70. The van der Waals surface area contributed by atoms with Gasteiger partial charge in [0.25, 0.3) is 0 Å². The van der Waals surface area contributed by atoms with E-state index < -0.39 is 0 Å². The van der Waals surface area contributed by atoms with Crippen molar-refractivity contribution in [2.45, 2.75) is 47.6 Å². The Morgan fingerprint density at radius 1 is 0.727 bits per heavy atom. The zero-order valence-corrected chi connectivity index (χ0v) is 26.9. The third kappa shape index (κ3) is 7.58. The van der Waals surface area contributed by atoms with Gasteiger partial charge in [-0.2, -0.15) is 0 Å². The Morgan fingerprint density at radius 3 is 1.91 bits per heavy atom. The third-order valence-corrected chi connectivity index (χ3v) is 7.71. The van der Waals surface area contributed by atoms with Crippen molar-refractivity contribution in [3.63, 3.8) is 0 Å². The molecule has 4 aromatic rings. The number of hydrogen-bond acceptors (Lipinski definition) is 8. The molecular weight excluding hydrogens is 556 g/mol. The molecule has 11 nitrogen and oxygen atoms in total. The molecule has 0 unspecified atom stereocenters. The van der Waals surface area contributed by atoms with E-state index in [2.05, 4.69) is 95.3 Å². The summed E-state index contributed by atoms with van der Waals surface area (Å²) in [7, 11) is 1.89. The average molecular weight is 602 g/mol. The molecule has 0 fully saturated rings. The smallest absolute Gasteiger partial charge is 0.244 e. The van der Waals surface area contributed by atoms with Gasteiger partial charge in [-0.1, -0.05) is 17.4 Å². The van der Waals surface area contributed by atoms with Crippen LogP contribution in [-0.2, 0) is 27.8 Å². The van der Waals surface area contributed by atoms with E-state index in [1.165, 1.54) is 33.6 Å². The fourth-order valence-electron chi connectivity index (χ4n) is 5.82. The lowest BCUT2D eigenvalue weighted by molar-refractivity contribution is -0.425. The first kappa shape index (κ1) is 31.5. The van der Waals surface area contributed by atoms with Gasteiger partial charge in [-0.25, -0.2) is 14.2 Å². The summed E-state index contributed by atoms with van der Waals surface area (Å²) >= 11 is 0. The first-order valence-corrected chi connectivity index (χ1v) is 15.4. The largest absolute Gasteiger partial charge is 0.379 e. The molecule has 1 aliphatic heterocycles. The van der Waals surface area contributed by atoms with Crippen LogP contribution in [0.15, 0.2) is 36.7 Å². The van der Waals surface area contributed by atoms with E-state index in [0.29, 0.717) is 39.6 Å². The number of anilines is 1. The van der Waals surface area contributed by atoms with Gasteiger partial charge in [0.1, 0.15) is 35.9 Å². The highest BCUT2D eigenvalue weighted by Gasteiger charge is 2.28. The van der Waals surface area contributed by atoms with Crippen LogP contribution in [0, 0.1) is 27.7 Å². The van der Waals surface area contributed by atoms with E-state index in [-0.39, 0.29) is 0 Å². The van der Waals surface area contributed by atoms with Crippen LogP contribution in [-0.4, -0.2) is 93.6 Å². The van der Waals surface area contributed by atoms with Gasteiger partial charge in [-0.15, -0.1) is 10.2 Å². The molecule has 0 radical (unpaired) electrons. The monoisotopic (exact) mass is 601 g/mol. The minimum atomic E-state index is 0.549. The van der Waals surface area contributed by atoms with Crippen LogP contribution in [0.3, 0.4) is 0 Å². The second-order valence-corrected chi connectivity index (χ2v) is 11.4. The number of ether oxygens (including phenoxy) is 3. The number of nitrogens with zero attached hydrogens (tertiary/aromatic N) is 8. The molecule has 0 amide bonds. The van der Waals surface area contributed by atoms with Crippen LogP contribution >= 0.6 is 0 Å². The normalized spacial score (nSPS) is 13.2. The summed E-state index contributed by atoms with van der Waals surface area (Å²) in [4.78, 5) is 2.36. The summed E-state index contributed by atoms with van der Waals surface area (Å²) in [6, 6.07) is 8.82. The van der Waals surface area contributed by atoms with Crippen molar-refractivity contribution >= 4 is 17.7 Å². The van der Waals surface area contributed by atoms with E-state index in [1.807, 2.05) is 24.1 Å². The van der Waals surface area contributed by atoms with Crippen molar-refractivity contribution < 1.29 is 18.8 Å². The molecule has 0 saturated carbocycles. The predicted octanol–water partition coefficient (Wildman–Crippen LogP) is 4.63. The van der Waals surface area contributed by atoms with Gasteiger partial charge in [0.05, 0.1) is 52.0 Å². The summed E-state index contributed by atoms with van der Waals surface area (Å²) in [5.41, 5.74) is 11.3. The van der Waals surface area contributed by atoms with Crippen molar-refractivity contribution in [3.05, 3.63) is 58.9 Å². The number of aromatic nitrogens is 6. The number of aryl methyl sites for hydroxylation is 5. The van der Waals surface area contributed by atoms with Crippen molar-refractivity contribution in [1.29, 1.82) is 0 Å². The molecule has 234 valence electrons. The van der Waals surface area contributed by atoms with Crippen LogP contribution < -0.4 is 4.90 Å². The second-order valence-electron chi connectivity index (χ2n) is 11.4. The molecule has 1 aliphatic rings. The van der Waals surface area contributed by atoms with E-state index in [4.69, 9.17) is 14.2 Å². The quantitative estimate of drug-likeness (QED) is 0.144. The third-order valence-electron chi connectivity index (χ3n) is 7.71.